The summed E-state index contributed by atoms with van der Waals surface area (Å²) in [6.07, 6.45) is -2.13. The molecule has 46 heavy (non-hydrogen) atoms. The molecule has 3 N–H and O–H groups in total. The molecular weight excluding hydrogens is 620 g/mol. The van der Waals surface area contributed by atoms with E-state index in [0.29, 0.717) is 30.3 Å². The first-order valence-corrected chi connectivity index (χ1v) is 16.7. The minimum Gasteiger partial charge on any atom is -0.454 e. The molecule has 3 aliphatic heterocycles. The van der Waals surface area contributed by atoms with E-state index in [4.69, 9.17) is 33.8 Å². The molecule has 5 rings (SSSR count). The fourth-order valence-electron chi connectivity index (χ4n) is 5.50. The van der Waals surface area contributed by atoms with Crippen LogP contribution >= 0.6 is 0 Å². The van der Waals surface area contributed by atoms with Crippen molar-refractivity contribution in [2.75, 3.05) is 47.2 Å². The maximum Gasteiger partial charge on any atom is 0.407 e. The van der Waals surface area contributed by atoms with Gasteiger partial charge < -0.3 is 43.7 Å². The van der Waals surface area contributed by atoms with Crippen LogP contribution in [0.25, 0.3) is 0 Å². The van der Waals surface area contributed by atoms with Crippen molar-refractivity contribution in [1.29, 1.82) is 5.41 Å². The van der Waals surface area contributed by atoms with Gasteiger partial charge in [-0.25, -0.2) is 13.2 Å². The predicted octanol–water partition coefficient (Wildman–Crippen LogP) is 2.40. The van der Waals surface area contributed by atoms with Crippen molar-refractivity contribution in [2.45, 2.75) is 56.1 Å². The van der Waals surface area contributed by atoms with Gasteiger partial charge in [-0.3, -0.25) is 5.41 Å². The first-order chi connectivity index (χ1) is 21.9. The molecule has 2 aromatic rings. The van der Waals surface area contributed by atoms with E-state index in [-0.39, 0.29) is 55.7 Å². The van der Waals surface area contributed by atoms with Gasteiger partial charge in [0.1, 0.15) is 11.9 Å². The van der Waals surface area contributed by atoms with Gasteiger partial charge in [-0.05, 0) is 48.6 Å². The number of alkyl carbamates (subject to hydrolysis) is 1. The number of benzene rings is 2. The molecule has 2 aromatic carbocycles. The lowest BCUT2D eigenvalue weighted by atomic mass is 10.0. The smallest absolute Gasteiger partial charge is 0.407 e. The predicted molar refractivity (Wildman–Crippen MR) is 165 cm³/mol. The molecule has 0 unspecified atom stereocenters. The van der Waals surface area contributed by atoms with Gasteiger partial charge in [0.25, 0.3) is 6.02 Å². The molecule has 0 spiro atoms. The summed E-state index contributed by atoms with van der Waals surface area (Å²) in [5.74, 6) is 1.09. The SMILES string of the molecule is CC(C)CN(C[C@@H](O)[C@H](Cc1ccc(OC(=N)N(C)C)cc1)NC(=O)O[C@H]1CO[C@H]2OCC[C@H]21)S(=O)(=O)c1ccc2c(c1)OCO2. The Morgan fingerprint density at radius 3 is 2.54 bits per heavy atom. The highest BCUT2D eigenvalue weighted by molar-refractivity contribution is 7.89. The molecule has 2 fully saturated rings. The van der Waals surface area contributed by atoms with E-state index < -0.39 is 40.7 Å². The number of amides is 1. The van der Waals surface area contributed by atoms with Crippen LogP contribution < -0.4 is 19.5 Å². The van der Waals surface area contributed by atoms with E-state index >= 15 is 0 Å². The van der Waals surface area contributed by atoms with Gasteiger partial charge in [0, 0.05) is 33.3 Å². The third-order valence-electron chi connectivity index (χ3n) is 7.95. The van der Waals surface area contributed by atoms with Crippen molar-refractivity contribution >= 4 is 22.1 Å². The van der Waals surface area contributed by atoms with Crippen molar-refractivity contribution in [3.8, 4) is 17.2 Å². The second kappa shape index (κ2) is 14.4. The van der Waals surface area contributed by atoms with Crippen molar-refractivity contribution < 1.29 is 46.7 Å². The molecule has 14 nitrogen and oxygen atoms in total. The summed E-state index contributed by atoms with van der Waals surface area (Å²) in [5, 5.41) is 22.3. The Balaban J connectivity index is 1.34. The van der Waals surface area contributed by atoms with Gasteiger partial charge in [0.2, 0.25) is 16.8 Å². The monoisotopic (exact) mass is 662 g/mol. The second-order valence-corrected chi connectivity index (χ2v) is 14.1. The van der Waals surface area contributed by atoms with Crippen LogP contribution in [0.4, 0.5) is 4.79 Å². The number of hydrogen-bond acceptors (Lipinski definition) is 11. The van der Waals surface area contributed by atoms with Crippen molar-refractivity contribution in [3.63, 3.8) is 0 Å². The topological polar surface area (TPSA) is 169 Å². The molecule has 2 saturated heterocycles. The lowest BCUT2D eigenvalue weighted by molar-refractivity contribution is -0.0907. The average Bonchev–Trinajstić information content (AvgIpc) is 3.75. The summed E-state index contributed by atoms with van der Waals surface area (Å²) in [6, 6.07) is 10.3. The Kier molecular flexibility index (Phi) is 10.6. The number of nitrogens with one attached hydrogen (secondary N) is 2. The molecule has 1 amide bonds. The van der Waals surface area contributed by atoms with E-state index in [1.165, 1.54) is 21.3 Å². The van der Waals surface area contributed by atoms with Crippen LogP contribution in [-0.2, 0) is 30.7 Å². The van der Waals surface area contributed by atoms with Crippen molar-refractivity contribution in [3.05, 3.63) is 48.0 Å². The van der Waals surface area contributed by atoms with Gasteiger partial charge in [0.05, 0.1) is 36.2 Å². The molecule has 3 heterocycles. The normalized spacial score (nSPS) is 21.6. The van der Waals surface area contributed by atoms with Crippen molar-refractivity contribution in [1.82, 2.24) is 14.5 Å². The van der Waals surface area contributed by atoms with E-state index in [2.05, 4.69) is 5.32 Å². The molecule has 252 valence electrons. The molecule has 0 bridgehead atoms. The second-order valence-electron chi connectivity index (χ2n) is 12.2. The zero-order valence-corrected chi connectivity index (χ0v) is 27.2. The maximum absolute atomic E-state index is 13.9. The van der Waals surface area contributed by atoms with Gasteiger partial charge in [-0.1, -0.05) is 26.0 Å². The molecular formula is C31H42N4O10S. The Morgan fingerprint density at radius 1 is 1.09 bits per heavy atom. The molecule has 0 radical (unpaired) electrons. The summed E-state index contributed by atoms with van der Waals surface area (Å²) in [6.45, 7) is 4.31. The first-order valence-electron chi connectivity index (χ1n) is 15.2. The number of sulfonamides is 1. The molecule has 5 atom stereocenters. The Bertz CT molecular complexity index is 1490. The number of amidine groups is 1. The number of hydrogen-bond donors (Lipinski definition) is 3. The highest BCUT2D eigenvalue weighted by Gasteiger charge is 2.44. The number of aliphatic hydroxyl groups is 1. The zero-order valence-electron chi connectivity index (χ0n) is 26.4. The lowest BCUT2D eigenvalue weighted by Gasteiger charge is -2.31. The summed E-state index contributed by atoms with van der Waals surface area (Å²) in [5.41, 5.74) is 0.732. The van der Waals surface area contributed by atoms with Crippen molar-refractivity contribution in [2.24, 2.45) is 11.8 Å². The van der Waals surface area contributed by atoms with Gasteiger partial charge in [0.15, 0.2) is 17.8 Å². The van der Waals surface area contributed by atoms with E-state index in [0.717, 1.165) is 5.56 Å². The number of nitrogens with zero attached hydrogens (tertiary/aromatic N) is 2. The quantitative estimate of drug-likeness (QED) is 0.225. The standard InChI is InChI=1S/C31H42N4O10S/c1-19(2)15-35(46(38,39)22-9-10-26-27(14-22)43-18-42-26)16-25(36)24(13-20-5-7-21(8-6-20)44-30(32)34(3)4)33-31(37)45-28-17-41-29-23(28)11-12-40-29/h5-10,14,19,23-25,28-29,32,36H,11-13,15-18H2,1-4H3,(H,33,37)/t23-,24-,25+,28-,29+/m0/s1. The molecule has 15 heteroatoms. The van der Waals surface area contributed by atoms with Crippen LogP contribution in [-0.4, -0.2) is 107 Å². The van der Waals surface area contributed by atoms with Crippen LogP contribution in [0.5, 0.6) is 17.2 Å². The highest BCUT2D eigenvalue weighted by Crippen LogP contribution is 2.35. The highest BCUT2D eigenvalue weighted by atomic mass is 32.2. The molecule has 0 aromatic heterocycles. The summed E-state index contributed by atoms with van der Waals surface area (Å²) in [4.78, 5) is 14.7. The molecule has 3 aliphatic rings. The Labute approximate surface area is 269 Å². The zero-order chi connectivity index (χ0) is 33.0. The number of carbonyl (C=O) groups excluding carboxylic acids is 1. The van der Waals surface area contributed by atoms with E-state index in [9.17, 15) is 18.3 Å². The minimum absolute atomic E-state index is 0.00182. The van der Waals surface area contributed by atoms with Crippen LogP contribution in [0, 0.1) is 17.2 Å². The maximum atomic E-state index is 13.9. The summed E-state index contributed by atoms with van der Waals surface area (Å²) in [7, 11) is -0.688. The first kappa shape index (κ1) is 33.7. The van der Waals surface area contributed by atoms with Crippen LogP contribution in [0.15, 0.2) is 47.4 Å². The number of ether oxygens (including phenoxy) is 6. The van der Waals surface area contributed by atoms with Gasteiger partial charge in [-0.15, -0.1) is 0 Å². The van der Waals surface area contributed by atoms with E-state index in [1.807, 2.05) is 13.8 Å². The molecule has 0 aliphatic carbocycles. The summed E-state index contributed by atoms with van der Waals surface area (Å²) >= 11 is 0. The minimum atomic E-state index is -4.08. The Hall–Kier alpha value is -3.63. The van der Waals surface area contributed by atoms with Gasteiger partial charge >= 0.3 is 6.09 Å². The van der Waals surface area contributed by atoms with E-state index in [1.54, 1.807) is 44.4 Å². The third kappa shape index (κ3) is 8.01. The van der Waals surface area contributed by atoms with Crippen LogP contribution in [0.3, 0.4) is 0 Å². The third-order valence-corrected chi connectivity index (χ3v) is 9.78. The fourth-order valence-corrected chi connectivity index (χ4v) is 7.14. The number of fused-ring (bicyclic) bond motifs is 2. The summed E-state index contributed by atoms with van der Waals surface area (Å²) < 4.78 is 62.0. The molecule has 0 saturated carbocycles. The van der Waals surface area contributed by atoms with Gasteiger partial charge in [-0.2, -0.15) is 4.31 Å². The number of rotatable bonds is 12. The largest absolute Gasteiger partial charge is 0.454 e. The average molecular weight is 663 g/mol. The number of aliphatic hydroxyl groups excluding tert-OH is 1. The fraction of sp³-hybridized carbons (Fsp3) is 0.548. The van der Waals surface area contributed by atoms with Crippen LogP contribution in [0.1, 0.15) is 25.8 Å². The van der Waals surface area contributed by atoms with Crippen LogP contribution in [0.2, 0.25) is 0 Å². The number of carbonyl (C=O) groups is 1. The Morgan fingerprint density at radius 2 is 1.83 bits per heavy atom. The lowest BCUT2D eigenvalue weighted by Crippen LogP contribution is -2.51.